The first-order valence-corrected chi connectivity index (χ1v) is 7.90. The minimum Gasteiger partial charge on any atom is -0.207 e. The fraction of sp³-hybridized carbons (Fsp3) is 0.188. The van der Waals surface area contributed by atoms with Crippen LogP contribution in [0, 0.1) is 18.3 Å². The third-order valence-electron chi connectivity index (χ3n) is 3.26. The van der Waals surface area contributed by atoms with Crippen LogP contribution in [0.15, 0.2) is 53.4 Å². The maximum atomic E-state index is 12.5. The highest BCUT2D eigenvalue weighted by atomic mass is 32.2. The van der Waals surface area contributed by atoms with Crippen LogP contribution >= 0.6 is 0 Å². The van der Waals surface area contributed by atoms with Crippen LogP contribution in [0.1, 0.15) is 16.7 Å². The Hall–Kier alpha value is -2.16. The van der Waals surface area contributed by atoms with Crippen molar-refractivity contribution in [2.45, 2.75) is 18.4 Å². The molecule has 0 spiro atoms. The molecule has 0 N–H and O–H groups in total. The molecule has 0 radical (unpaired) electrons. The summed E-state index contributed by atoms with van der Waals surface area (Å²) in [7, 11) is -2.04. The molecule has 0 unspecified atom stereocenters. The number of hydrogen-bond donors (Lipinski definition) is 0. The molecular weight excluding hydrogens is 284 g/mol. The van der Waals surface area contributed by atoms with E-state index >= 15 is 0 Å². The van der Waals surface area contributed by atoms with Crippen LogP contribution in [0.2, 0.25) is 0 Å². The number of hydrogen-bond acceptors (Lipinski definition) is 3. The van der Waals surface area contributed by atoms with Crippen molar-refractivity contribution in [2.24, 2.45) is 0 Å². The van der Waals surface area contributed by atoms with E-state index in [1.165, 1.54) is 11.4 Å². The van der Waals surface area contributed by atoms with E-state index in [4.69, 9.17) is 5.26 Å². The van der Waals surface area contributed by atoms with Crippen LogP contribution in [-0.4, -0.2) is 19.8 Å². The van der Waals surface area contributed by atoms with Gasteiger partial charge >= 0.3 is 0 Å². The first kappa shape index (κ1) is 15.2. The number of aryl methyl sites for hydroxylation is 1. The van der Waals surface area contributed by atoms with Gasteiger partial charge in [-0.1, -0.05) is 35.9 Å². The summed E-state index contributed by atoms with van der Waals surface area (Å²) in [6.07, 6.45) is 0. The monoisotopic (exact) mass is 300 g/mol. The Morgan fingerprint density at radius 1 is 1.10 bits per heavy atom. The molecule has 0 saturated heterocycles. The summed E-state index contributed by atoms with van der Waals surface area (Å²) in [4.78, 5) is 0.255. The molecule has 0 saturated carbocycles. The van der Waals surface area contributed by atoms with Gasteiger partial charge in [-0.3, -0.25) is 0 Å². The molecule has 2 aromatic carbocycles. The predicted molar refractivity (Wildman–Crippen MR) is 81.0 cm³/mol. The molecule has 0 atom stereocenters. The zero-order chi connectivity index (χ0) is 15.5. The standard InChI is InChI=1S/C16H16N2O2S/c1-13-7-9-16(10-8-13)21(19,20)18(2)12-15-6-4-3-5-14(15)11-17/h3-10H,12H2,1-2H3. The quantitative estimate of drug-likeness (QED) is 0.872. The summed E-state index contributed by atoms with van der Waals surface area (Å²) in [6.45, 7) is 2.07. The molecule has 0 aliphatic heterocycles. The van der Waals surface area contributed by atoms with Gasteiger partial charge in [0.25, 0.3) is 0 Å². The van der Waals surface area contributed by atoms with Gasteiger partial charge in [0.15, 0.2) is 0 Å². The molecule has 0 amide bonds. The van der Waals surface area contributed by atoms with Crippen molar-refractivity contribution < 1.29 is 8.42 Å². The average Bonchev–Trinajstić information content (AvgIpc) is 2.48. The largest absolute Gasteiger partial charge is 0.243 e. The van der Waals surface area contributed by atoms with Gasteiger partial charge in [0.1, 0.15) is 0 Å². The third kappa shape index (κ3) is 3.30. The second kappa shape index (κ2) is 6.08. The van der Waals surface area contributed by atoms with E-state index in [0.29, 0.717) is 11.1 Å². The fourth-order valence-electron chi connectivity index (χ4n) is 1.98. The van der Waals surface area contributed by atoms with Crippen LogP contribution in [0.3, 0.4) is 0 Å². The summed E-state index contributed by atoms with van der Waals surface area (Å²) >= 11 is 0. The molecule has 0 aliphatic carbocycles. The number of nitrogens with zero attached hydrogens (tertiary/aromatic N) is 2. The Bertz CT molecular complexity index is 775. The summed E-state index contributed by atoms with van der Waals surface area (Å²) in [5.74, 6) is 0. The van der Waals surface area contributed by atoms with E-state index in [1.54, 1.807) is 48.5 Å². The van der Waals surface area contributed by atoms with E-state index in [0.717, 1.165) is 5.56 Å². The lowest BCUT2D eigenvalue weighted by Crippen LogP contribution is -2.26. The topological polar surface area (TPSA) is 61.2 Å². The lowest BCUT2D eigenvalue weighted by atomic mass is 10.1. The number of benzene rings is 2. The first-order valence-electron chi connectivity index (χ1n) is 6.46. The van der Waals surface area contributed by atoms with E-state index in [-0.39, 0.29) is 11.4 Å². The second-order valence-electron chi connectivity index (χ2n) is 4.84. The van der Waals surface area contributed by atoms with Gasteiger partial charge in [0.2, 0.25) is 10.0 Å². The van der Waals surface area contributed by atoms with Crippen molar-refractivity contribution in [3.8, 4) is 6.07 Å². The Labute approximate surface area is 125 Å². The molecule has 2 aromatic rings. The van der Waals surface area contributed by atoms with Crippen molar-refractivity contribution in [2.75, 3.05) is 7.05 Å². The highest BCUT2D eigenvalue weighted by molar-refractivity contribution is 7.89. The van der Waals surface area contributed by atoms with Crippen molar-refractivity contribution in [3.05, 3.63) is 65.2 Å². The van der Waals surface area contributed by atoms with Gasteiger partial charge in [-0.2, -0.15) is 9.57 Å². The highest BCUT2D eigenvalue weighted by Crippen LogP contribution is 2.18. The Morgan fingerprint density at radius 3 is 2.33 bits per heavy atom. The maximum absolute atomic E-state index is 12.5. The van der Waals surface area contributed by atoms with Crippen molar-refractivity contribution in [3.63, 3.8) is 0 Å². The summed E-state index contributed by atoms with van der Waals surface area (Å²) < 4.78 is 26.2. The Balaban J connectivity index is 2.29. The van der Waals surface area contributed by atoms with Crippen molar-refractivity contribution >= 4 is 10.0 Å². The molecular formula is C16H16N2O2S. The third-order valence-corrected chi connectivity index (χ3v) is 5.08. The Morgan fingerprint density at radius 2 is 1.71 bits per heavy atom. The van der Waals surface area contributed by atoms with Crippen molar-refractivity contribution in [1.82, 2.24) is 4.31 Å². The average molecular weight is 300 g/mol. The predicted octanol–water partition coefficient (Wildman–Crippen LogP) is 2.69. The summed E-state index contributed by atoms with van der Waals surface area (Å²) in [5, 5.41) is 9.06. The van der Waals surface area contributed by atoms with Gasteiger partial charge in [-0.05, 0) is 30.7 Å². The number of sulfonamides is 1. The number of rotatable bonds is 4. The molecule has 0 heterocycles. The molecule has 5 heteroatoms. The lowest BCUT2D eigenvalue weighted by Gasteiger charge is -2.18. The maximum Gasteiger partial charge on any atom is 0.243 e. The van der Waals surface area contributed by atoms with Gasteiger partial charge in [-0.25, -0.2) is 8.42 Å². The molecule has 21 heavy (non-hydrogen) atoms. The SMILES string of the molecule is Cc1ccc(S(=O)(=O)N(C)Cc2ccccc2C#N)cc1. The summed E-state index contributed by atoms with van der Waals surface area (Å²) in [6, 6.07) is 15.8. The minimum atomic E-state index is -3.55. The van der Waals surface area contributed by atoms with Crippen LogP contribution in [0.25, 0.3) is 0 Å². The Kier molecular flexibility index (Phi) is 4.41. The normalized spacial score (nSPS) is 11.3. The second-order valence-corrected chi connectivity index (χ2v) is 6.89. The molecule has 4 nitrogen and oxygen atoms in total. The molecule has 0 fully saturated rings. The van der Waals surface area contributed by atoms with Gasteiger partial charge < -0.3 is 0 Å². The van der Waals surface area contributed by atoms with E-state index in [9.17, 15) is 8.42 Å². The van der Waals surface area contributed by atoms with E-state index in [2.05, 4.69) is 6.07 Å². The van der Waals surface area contributed by atoms with E-state index < -0.39 is 10.0 Å². The van der Waals surface area contributed by atoms with E-state index in [1.807, 2.05) is 6.92 Å². The molecule has 108 valence electrons. The van der Waals surface area contributed by atoms with Crippen molar-refractivity contribution in [1.29, 1.82) is 5.26 Å². The molecule has 0 bridgehead atoms. The fourth-order valence-corrected chi connectivity index (χ4v) is 3.13. The van der Waals surface area contributed by atoms with Gasteiger partial charge in [0.05, 0.1) is 16.5 Å². The lowest BCUT2D eigenvalue weighted by molar-refractivity contribution is 0.466. The number of nitriles is 1. The first-order chi connectivity index (χ1) is 9.95. The molecule has 0 aliphatic rings. The highest BCUT2D eigenvalue weighted by Gasteiger charge is 2.21. The van der Waals surface area contributed by atoms with Gasteiger partial charge in [0, 0.05) is 13.6 Å². The van der Waals surface area contributed by atoms with Crippen LogP contribution in [0.4, 0.5) is 0 Å². The molecule has 2 rings (SSSR count). The van der Waals surface area contributed by atoms with Crippen LogP contribution in [0.5, 0.6) is 0 Å². The minimum absolute atomic E-state index is 0.167. The summed E-state index contributed by atoms with van der Waals surface area (Å²) in [5.41, 5.74) is 2.19. The van der Waals surface area contributed by atoms with Gasteiger partial charge in [-0.15, -0.1) is 0 Å². The zero-order valence-electron chi connectivity index (χ0n) is 11.9. The van der Waals surface area contributed by atoms with Crippen LogP contribution in [-0.2, 0) is 16.6 Å². The smallest absolute Gasteiger partial charge is 0.207 e. The van der Waals surface area contributed by atoms with Crippen LogP contribution < -0.4 is 0 Å². The zero-order valence-corrected chi connectivity index (χ0v) is 12.8. The molecule has 0 aromatic heterocycles.